The van der Waals surface area contributed by atoms with Crippen LogP contribution in [0.1, 0.15) is 6.92 Å². The summed E-state index contributed by atoms with van der Waals surface area (Å²) in [5.74, 6) is 0. The smallest absolute Gasteiger partial charge is 0.0701 e. The van der Waals surface area contributed by atoms with Gasteiger partial charge in [-0.15, -0.1) is 0 Å². The van der Waals surface area contributed by atoms with E-state index < -0.39 is 0 Å². The zero-order valence-electron chi connectivity index (χ0n) is 4.43. The Balaban J connectivity index is 3.79. The second kappa shape index (κ2) is 4.89. The fourth-order valence-electron chi connectivity index (χ4n) is 0.204. The van der Waals surface area contributed by atoms with E-state index in [1.165, 1.54) is 6.20 Å². The highest BCUT2D eigenvalue weighted by molar-refractivity contribution is 14.1. The largest absolute Gasteiger partial charge is 0.253 e. The Hall–Kier alpha value is -0.260. The Kier molecular flexibility index (Phi) is 4.73. The maximum atomic E-state index is 6.38. The predicted molar refractivity (Wildman–Crippen MR) is 41.4 cm³/mol. The predicted octanol–water partition coefficient (Wildman–Crippen LogP) is 2.34. The fourth-order valence-corrected chi connectivity index (χ4v) is 0.643. The Bertz CT molecular complexity index is 127. The molecule has 44 valence electrons. The molecule has 0 saturated carbocycles. The maximum Gasteiger partial charge on any atom is 0.0701 e. The third-order valence-corrected chi connectivity index (χ3v) is 0.782. The first-order valence-corrected chi connectivity index (χ1v) is 3.22. The van der Waals surface area contributed by atoms with E-state index in [4.69, 9.17) is 5.53 Å². The number of aliphatic imine (C=N–C) groups is 1. The van der Waals surface area contributed by atoms with Gasteiger partial charge in [0.2, 0.25) is 0 Å². The van der Waals surface area contributed by atoms with Gasteiger partial charge in [-0.25, -0.2) is 5.53 Å². The Morgan fingerprint density at radius 1 is 1.75 bits per heavy atom. The van der Waals surface area contributed by atoms with Crippen molar-refractivity contribution < 1.29 is 0 Å². The van der Waals surface area contributed by atoms with Crippen molar-refractivity contribution in [2.75, 3.05) is 0 Å². The first-order chi connectivity index (χ1) is 3.81. The van der Waals surface area contributed by atoms with Gasteiger partial charge in [0, 0.05) is 0 Å². The average molecular weight is 223 g/mol. The number of rotatable bonds is 2. The van der Waals surface area contributed by atoms with Gasteiger partial charge in [0.25, 0.3) is 0 Å². The Morgan fingerprint density at radius 2 is 2.38 bits per heavy atom. The van der Waals surface area contributed by atoms with Crippen molar-refractivity contribution >= 4 is 26.8 Å². The third-order valence-electron chi connectivity index (χ3n) is 0.504. The highest BCUT2D eigenvalue weighted by Crippen LogP contribution is 1.93. The molecule has 0 rings (SSSR count). The van der Waals surface area contributed by atoms with Crippen molar-refractivity contribution in [3.8, 4) is 0 Å². The molecule has 0 atom stereocenters. The number of nitrogens with one attached hydrogen (secondary N) is 1. The maximum absolute atomic E-state index is 6.38. The van der Waals surface area contributed by atoms with E-state index in [2.05, 4.69) is 10.1 Å². The lowest BCUT2D eigenvalue weighted by atomic mass is 10.6. The second-order valence-corrected chi connectivity index (χ2v) is 1.68. The third kappa shape index (κ3) is 3.91. The van der Waals surface area contributed by atoms with Gasteiger partial charge in [-0.3, -0.25) is 4.99 Å². The summed E-state index contributed by atoms with van der Waals surface area (Å²) in [6, 6.07) is 0. The molecule has 0 saturated heterocycles. The van der Waals surface area contributed by atoms with Gasteiger partial charge in [-0.1, -0.05) is 0 Å². The molecular weight excluding hydrogens is 217 g/mol. The van der Waals surface area contributed by atoms with Gasteiger partial charge in [0.05, 0.1) is 16.1 Å². The van der Waals surface area contributed by atoms with Crippen LogP contribution in [0.3, 0.4) is 0 Å². The molecule has 0 aromatic rings. The number of hydrogen-bond acceptors (Lipinski definition) is 3. The van der Waals surface area contributed by atoms with E-state index in [-0.39, 0.29) is 0 Å². The van der Waals surface area contributed by atoms with Crippen LogP contribution < -0.4 is 0 Å². The summed E-state index contributed by atoms with van der Waals surface area (Å²) in [4.78, 5) is 3.82. The monoisotopic (exact) mass is 223 g/mol. The molecule has 0 radical (unpaired) electrons. The molecule has 0 spiro atoms. The van der Waals surface area contributed by atoms with E-state index >= 15 is 0 Å². The summed E-state index contributed by atoms with van der Waals surface area (Å²) in [5, 5.41) is 3.03. The van der Waals surface area contributed by atoms with Crippen LogP contribution in [0, 0.1) is 5.53 Å². The van der Waals surface area contributed by atoms with Crippen LogP contribution in [-0.4, -0.2) is 4.22 Å². The quantitative estimate of drug-likeness (QED) is 0.424. The molecule has 0 aromatic heterocycles. The molecular formula is C4H6IN3. The highest BCUT2D eigenvalue weighted by Gasteiger charge is 1.75. The summed E-state index contributed by atoms with van der Waals surface area (Å²) >= 11 is 2.01. The molecule has 4 heteroatoms. The first-order valence-electron chi connectivity index (χ1n) is 1.97. The molecule has 0 unspecified atom stereocenters. The fraction of sp³-hybridized carbons (Fsp3) is 0.250. The lowest BCUT2D eigenvalue weighted by Gasteiger charge is -1.80. The zero-order valence-corrected chi connectivity index (χ0v) is 6.58. The lowest BCUT2D eigenvalue weighted by molar-refractivity contribution is 1.11. The van der Waals surface area contributed by atoms with Crippen LogP contribution >= 0.6 is 22.6 Å². The Labute approximate surface area is 61.5 Å². The van der Waals surface area contributed by atoms with Crippen LogP contribution in [0.25, 0.3) is 0 Å². The van der Waals surface area contributed by atoms with Crippen molar-refractivity contribution in [1.82, 2.24) is 0 Å². The topological polar surface area (TPSA) is 48.6 Å². The molecule has 0 aliphatic rings. The summed E-state index contributed by atoms with van der Waals surface area (Å²) in [5.41, 5.74) is 7.13. The van der Waals surface area contributed by atoms with Crippen LogP contribution in [0.5, 0.6) is 0 Å². The van der Waals surface area contributed by atoms with Gasteiger partial charge in [0.15, 0.2) is 0 Å². The van der Waals surface area contributed by atoms with Gasteiger partial charge in [0.1, 0.15) is 0 Å². The summed E-state index contributed by atoms with van der Waals surface area (Å²) < 4.78 is 1.63. The van der Waals surface area contributed by atoms with Gasteiger partial charge in [-0.05, 0) is 29.5 Å². The highest BCUT2D eigenvalue weighted by atomic mass is 127. The molecule has 0 aliphatic carbocycles. The van der Waals surface area contributed by atoms with Crippen LogP contribution in [0.2, 0.25) is 0 Å². The van der Waals surface area contributed by atoms with Crippen molar-refractivity contribution in [2.45, 2.75) is 6.92 Å². The second-order valence-electron chi connectivity index (χ2n) is 1.13. The van der Waals surface area contributed by atoms with Crippen molar-refractivity contribution in [1.29, 1.82) is 5.53 Å². The standard InChI is InChI=1S/C4H6IN3/c1-4(2-8-6)7-3-5/h2-3,6H,1H3/b4-2-,7-3-,8-6?. The zero-order chi connectivity index (χ0) is 6.41. The lowest BCUT2D eigenvalue weighted by Crippen LogP contribution is -1.63. The van der Waals surface area contributed by atoms with Crippen LogP contribution in [0.4, 0.5) is 0 Å². The number of allylic oxidation sites excluding steroid dienone is 1. The number of halogens is 1. The summed E-state index contributed by atoms with van der Waals surface area (Å²) in [6.45, 7) is 1.78. The van der Waals surface area contributed by atoms with E-state index in [1.807, 2.05) is 22.6 Å². The molecule has 0 fully saturated rings. The minimum absolute atomic E-state index is 0.745. The average Bonchev–Trinajstić information content (AvgIpc) is 1.68. The van der Waals surface area contributed by atoms with Gasteiger partial charge >= 0.3 is 0 Å². The number of hydrogen-bond donors (Lipinski definition) is 1. The van der Waals surface area contributed by atoms with Crippen LogP contribution in [-0.2, 0) is 0 Å². The van der Waals surface area contributed by atoms with Crippen molar-refractivity contribution in [3.05, 3.63) is 11.9 Å². The van der Waals surface area contributed by atoms with Crippen molar-refractivity contribution in [3.63, 3.8) is 0 Å². The van der Waals surface area contributed by atoms with Crippen LogP contribution in [0.15, 0.2) is 22.0 Å². The molecule has 0 heterocycles. The normalized spacial score (nSPS) is 12.5. The molecule has 1 N–H and O–H groups in total. The van der Waals surface area contributed by atoms with Gasteiger partial charge in [-0.2, -0.15) is 5.11 Å². The summed E-state index contributed by atoms with van der Waals surface area (Å²) in [7, 11) is 0. The number of nitrogens with zero attached hydrogens (tertiary/aromatic N) is 2. The minimum Gasteiger partial charge on any atom is -0.253 e. The van der Waals surface area contributed by atoms with E-state index in [0.29, 0.717) is 0 Å². The minimum atomic E-state index is 0.745. The molecule has 0 bridgehead atoms. The van der Waals surface area contributed by atoms with E-state index in [0.717, 1.165) is 5.70 Å². The molecule has 0 aromatic carbocycles. The summed E-state index contributed by atoms with van der Waals surface area (Å²) in [6.07, 6.45) is 1.38. The molecule has 0 amide bonds. The molecule has 3 nitrogen and oxygen atoms in total. The van der Waals surface area contributed by atoms with E-state index in [1.54, 1.807) is 11.1 Å². The SMILES string of the molecule is CC(=C/N=N)/N=C\I. The van der Waals surface area contributed by atoms with Crippen molar-refractivity contribution in [2.24, 2.45) is 10.1 Å². The molecule has 0 aliphatic heterocycles. The van der Waals surface area contributed by atoms with E-state index in [9.17, 15) is 0 Å². The first kappa shape index (κ1) is 7.74. The van der Waals surface area contributed by atoms with Gasteiger partial charge < -0.3 is 0 Å². The molecule has 8 heavy (non-hydrogen) atoms. The Morgan fingerprint density at radius 3 is 2.75 bits per heavy atom.